The Labute approximate surface area is 108 Å². The van der Waals surface area contributed by atoms with Gasteiger partial charge in [0.05, 0.1) is 10.9 Å². The van der Waals surface area contributed by atoms with E-state index in [1.807, 2.05) is 0 Å². The second-order valence-corrected chi connectivity index (χ2v) is 6.44. The third-order valence-electron chi connectivity index (χ3n) is 3.27. The van der Waals surface area contributed by atoms with Crippen molar-refractivity contribution in [3.63, 3.8) is 0 Å². The molecule has 2 rings (SSSR count). The highest BCUT2D eigenvalue weighted by Gasteiger charge is 2.35. The Hall–Kier alpha value is -1.20. The number of sulfonamides is 1. The fourth-order valence-electron chi connectivity index (χ4n) is 2.33. The van der Waals surface area contributed by atoms with Crippen molar-refractivity contribution in [3.8, 4) is 0 Å². The van der Waals surface area contributed by atoms with Crippen LogP contribution < -0.4 is 0 Å². The van der Waals surface area contributed by atoms with Crippen molar-refractivity contribution in [1.82, 2.24) is 4.31 Å². The molecule has 1 fully saturated rings. The zero-order valence-corrected chi connectivity index (χ0v) is 11.2. The second-order valence-electron chi connectivity index (χ2n) is 4.55. The van der Waals surface area contributed by atoms with Gasteiger partial charge in [0.2, 0.25) is 10.0 Å². The largest absolute Gasteiger partial charge is 0.298 e. The maximum absolute atomic E-state index is 12.5. The first-order valence-corrected chi connectivity index (χ1v) is 7.55. The summed E-state index contributed by atoms with van der Waals surface area (Å²) in [6.07, 6.45) is 2.35. The Morgan fingerprint density at radius 1 is 1.22 bits per heavy atom. The number of Topliss-reactive ketones (excluding diaryl/α,β-unsaturated/α-hetero) is 1. The first-order chi connectivity index (χ1) is 8.53. The van der Waals surface area contributed by atoms with E-state index in [9.17, 15) is 13.2 Å². The molecule has 1 aromatic rings. The predicted molar refractivity (Wildman–Crippen MR) is 68.7 cm³/mol. The van der Waals surface area contributed by atoms with Gasteiger partial charge in [0.25, 0.3) is 0 Å². The van der Waals surface area contributed by atoms with E-state index in [0.29, 0.717) is 13.0 Å². The molecule has 1 heterocycles. The van der Waals surface area contributed by atoms with E-state index in [0.717, 1.165) is 12.8 Å². The third-order valence-corrected chi connectivity index (χ3v) is 5.20. The number of piperidine rings is 1. The number of nitrogens with zero attached hydrogens (tertiary/aromatic N) is 1. The monoisotopic (exact) mass is 267 g/mol. The highest BCUT2D eigenvalue weighted by atomic mass is 32.2. The van der Waals surface area contributed by atoms with Crippen LogP contribution in [0.2, 0.25) is 0 Å². The molecule has 0 radical (unpaired) electrons. The molecule has 1 aliphatic heterocycles. The standard InChI is InChI=1S/C13H17NO3S/c1-11(15)13-9-5-6-10-14(13)18(16,17)12-7-3-2-4-8-12/h2-4,7-8,13H,5-6,9-10H2,1H3. The summed E-state index contributed by atoms with van der Waals surface area (Å²) in [5.74, 6) is -0.0748. The Balaban J connectivity index is 2.36. The molecule has 5 heteroatoms. The molecule has 0 N–H and O–H groups in total. The van der Waals surface area contributed by atoms with Crippen LogP contribution in [-0.4, -0.2) is 31.1 Å². The fraction of sp³-hybridized carbons (Fsp3) is 0.462. The molecule has 0 bridgehead atoms. The van der Waals surface area contributed by atoms with Gasteiger partial charge < -0.3 is 0 Å². The lowest BCUT2D eigenvalue weighted by Crippen LogP contribution is -2.47. The number of hydrogen-bond acceptors (Lipinski definition) is 3. The summed E-state index contributed by atoms with van der Waals surface area (Å²) < 4.78 is 26.3. The normalized spacial score (nSPS) is 21.7. The van der Waals surface area contributed by atoms with Gasteiger partial charge in [-0.1, -0.05) is 24.6 Å². The number of carbonyl (C=O) groups is 1. The van der Waals surface area contributed by atoms with E-state index in [1.165, 1.54) is 11.2 Å². The van der Waals surface area contributed by atoms with Crippen molar-refractivity contribution in [2.24, 2.45) is 0 Å². The van der Waals surface area contributed by atoms with Gasteiger partial charge in [-0.2, -0.15) is 4.31 Å². The van der Waals surface area contributed by atoms with E-state index < -0.39 is 16.1 Å². The molecule has 1 aromatic carbocycles. The predicted octanol–water partition coefficient (Wildman–Crippen LogP) is 1.82. The van der Waals surface area contributed by atoms with Crippen LogP contribution in [0.3, 0.4) is 0 Å². The smallest absolute Gasteiger partial charge is 0.243 e. The average Bonchev–Trinajstić information content (AvgIpc) is 2.39. The highest BCUT2D eigenvalue weighted by molar-refractivity contribution is 7.89. The fourth-order valence-corrected chi connectivity index (χ4v) is 4.06. The zero-order chi connectivity index (χ0) is 13.2. The van der Waals surface area contributed by atoms with Crippen LogP contribution in [0.25, 0.3) is 0 Å². The van der Waals surface area contributed by atoms with E-state index in [4.69, 9.17) is 0 Å². The molecule has 0 aliphatic carbocycles. The zero-order valence-electron chi connectivity index (χ0n) is 10.4. The van der Waals surface area contributed by atoms with Gasteiger partial charge >= 0.3 is 0 Å². The van der Waals surface area contributed by atoms with E-state index >= 15 is 0 Å². The van der Waals surface area contributed by atoms with Gasteiger partial charge in [-0.05, 0) is 31.9 Å². The van der Waals surface area contributed by atoms with Crippen molar-refractivity contribution in [3.05, 3.63) is 30.3 Å². The molecule has 1 unspecified atom stereocenters. The summed E-state index contributed by atoms with van der Waals surface area (Å²) in [6.45, 7) is 1.89. The lowest BCUT2D eigenvalue weighted by molar-refractivity contribution is -0.121. The lowest BCUT2D eigenvalue weighted by Gasteiger charge is -2.32. The van der Waals surface area contributed by atoms with Crippen LogP contribution in [0.1, 0.15) is 26.2 Å². The summed E-state index contributed by atoms with van der Waals surface area (Å²) in [5.41, 5.74) is 0. The molecule has 1 atom stereocenters. The molecule has 1 saturated heterocycles. The van der Waals surface area contributed by atoms with Crippen molar-refractivity contribution >= 4 is 15.8 Å². The number of benzene rings is 1. The van der Waals surface area contributed by atoms with Crippen molar-refractivity contribution in [1.29, 1.82) is 0 Å². The molecular weight excluding hydrogens is 250 g/mol. The summed E-state index contributed by atoms with van der Waals surface area (Å²) in [4.78, 5) is 11.8. The summed E-state index contributed by atoms with van der Waals surface area (Å²) in [7, 11) is -3.54. The van der Waals surface area contributed by atoms with Crippen LogP contribution in [-0.2, 0) is 14.8 Å². The molecule has 0 saturated carbocycles. The van der Waals surface area contributed by atoms with Gasteiger partial charge in [-0.3, -0.25) is 4.79 Å². The maximum atomic E-state index is 12.5. The summed E-state index contributed by atoms with van der Waals surface area (Å²) in [6, 6.07) is 7.81. The molecule has 18 heavy (non-hydrogen) atoms. The maximum Gasteiger partial charge on any atom is 0.243 e. The van der Waals surface area contributed by atoms with Gasteiger partial charge in [-0.25, -0.2) is 8.42 Å². The second kappa shape index (κ2) is 5.20. The first-order valence-electron chi connectivity index (χ1n) is 6.11. The topological polar surface area (TPSA) is 54.5 Å². The quantitative estimate of drug-likeness (QED) is 0.839. The SMILES string of the molecule is CC(=O)C1CCCCN1S(=O)(=O)c1ccccc1. The molecular formula is C13H17NO3S. The minimum atomic E-state index is -3.54. The van der Waals surface area contributed by atoms with Gasteiger partial charge in [-0.15, -0.1) is 0 Å². The third kappa shape index (κ3) is 2.47. The molecule has 0 spiro atoms. The van der Waals surface area contributed by atoms with Gasteiger partial charge in [0.1, 0.15) is 5.78 Å². The van der Waals surface area contributed by atoms with Crippen LogP contribution >= 0.6 is 0 Å². The molecule has 0 aromatic heterocycles. The first kappa shape index (κ1) is 13.2. The van der Waals surface area contributed by atoms with Crippen molar-refractivity contribution in [2.75, 3.05) is 6.54 Å². The number of hydrogen-bond donors (Lipinski definition) is 0. The van der Waals surface area contributed by atoms with E-state index in [1.54, 1.807) is 30.3 Å². The molecule has 4 nitrogen and oxygen atoms in total. The Morgan fingerprint density at radius 2 is 1.89 bits per heavy atom. The van der Waals surface area contributed by atoms with Crippen molar-refractivity contribution in [2.45, 2.75) is 37.1 Å². The van der Waals surface area contributed by atoms with Crippen LogP contribution in [0, 0.1) is 0 Å². The minimum Gasteiger partial charge on any atom is -0.298 e. The summed E-state index contributed by atoms with van der Waals surface area (Å²) >= 11 is 0. The molecule has 98 valence electrons. The summed E-state index contributed by atoms with van der Waals surface area (Å²) in [5, 5.41) is 0. The van der Waals surface area contributed by atoms with Crippen LogP contribution in [0.5, 0.6) is 0 Å². The number of ketones is 1. The molecule has 0 amide bonds. The Morgan fingerprint density at radius 3 is 2.50 bits per heavy atom. The Bertz CT molecular complexity index is 524. The van der Waals surface area contributed by atoms with Crippen LogP contribution in [0.4, 0.5) is 0 Å². The average molecular weight is 267 g/mol. The van der Waals surface area contributed by atoms with Crippen molar-refractivity contribution < 1.29 is 13.2 Å². The Kier molecular flexibility index (Phi) is 3.82. The minimum absolute atomic E-state index is 0.0748. The van der Waals surface area contributed by atoms with Gasteiger partial charge in [0.15, 0.2) is 0 Å². The molecule has 1 aliphatic rings. The van der Waals surface area contributed by atoms with E-state index in [-0.39, 0.29) is 10.7 Å². The highest BCUT2D eigenvalue weighted by Crippen LogP contribution is 2.25. The van der Waals surface area contributed by atoms with Crippen LogP contribution in [0.15, 0.2) is 35.2 Å². The number of carbonyl (C=O) groups excluding carboxylic acids is 1. The lowest BCUT2D eigenvalue weighted by atomic mass is 10.0. The number of rotatable bonds is 3. The van der Waals surface area contributed by atoms with E-state index in [2.05, 4.69) is 0 Å². The van der Waals surface area contributed by atoms with Gasteiger partial charge in [0, 0.05) is 6.54 Å².